The SMILES string of the molecule is CCCC(CC)NCc1ncncc1C(=O)O. The highest BCUT2D eigenvalue weighted by Crippen LogP contribution is 2.06. The Kier molecular flexibility index (Phi) is 5.56. The molecule has 0 spiro atoms. The zero-order chi connectivity index (χ0) is 12.7. The molecule has 0 aliphatic carbocycles. The number of hydrogen-bond donors (Lipinski definition) is 2. The molecular weight excluding hydrogens is 218 g/mol. The minimum absolute atomic E-state index is 0.173. The van der Waals surface area contributed by atoms with Crippen LogP contribution in [0.5, 0.6) is 0 Å². The Morgan fingerprint density at radius 3 is 2.88 bits per heavy atom. The van der Waals surface area contributed by atoms with Gasteiger partial charge in [-0.05, 0) is 12.8 Å². The first-order chi connectivity index (χ1) is 8.19. The molecule has 0 bridgehead atoms. The van der Waals surface area contributed by atoms with E-state index in [9.17, 15) is 4.79 Å². The van der Waals surface area contributed by atoms with Crippen molar-refractivity contribution in [3.8, 4) is 0 Å². The normalized spacial score (nSPS) is 12.4. The van der Waals surface area contributed by atoms with Gasteiger partial charge in [0.05, 0.1) is 5.69 Å². The van der Waals surface area contributed by atoms with E-state index in [0.717, 1.165) is 19.3 Å². The first-order valence-corrected chi connectivity index (χ1v) is 5.94. The summed E-state index contributed by atoms with van der Waals surface area (Å²) >= 11 is 0. The highest BCUT2D eigenvalue weighted by Gasteiger charge is 2.12. The first kappa shape index (κ1) is 13.6. The molecule has 1 heterocycles. The molecule has 17 heavy (non-hydrogen) atoms. The van der Waals surface area contributed by atoms with Crippen LogP contribution in [-0.4, -0.2) is 27.1 Å². The fourth-order valence-corrected chi connectivity index (χ4v) is 1.71. The number of nitrogens with one attached hydrogen (secondary N) is 1. The van der Waals surface area contributed by atoms with Crippen LogP contribution < -0.4 is 5.32 Å². The number of rotatable bonds is 7. The maximum absolute atomic E-state index is 11.0. The fraction of sp³-hybridized carbons (Fsp3) is 0.583. The second kappa shape index (κ2) is 6.96. The van der Waals surface area contributed by atoms with Crippen molar-refractivity contribution >= 4 is 5.97 Å². The molecule has 0 fully saturated rings. The minimum Gasteiger partial charge on any atom is -0.478 e. The van der Waals surface area contributed by atoms with E-state index in [1.165, 1.54) is 12.5 Å². The topological polar surface area (TPSA) is 75.1 Å². The van der Waals surface area contributed by atoms with Crippen LogP contribution in [0, 0.1) is 0 Å². The van der Waals surface area contributed by atoms with Gasteiger partial charge in [0.25, 0.3) is 0 Å². The van der Waals surface area contributed by atoms with Crippen molar-refractivity contribution in [3.05, 3.63) is 23.8 Å². The molecule has 0 saturated heterocycles. The molecule has 5 nitrogen and oxygen atoms in total. The highest BCUT2D eigenvalue weighted by atomic mass is 16.4. The fourth-order valence-electron chi connectivity index (χ4n) is 1.71. The Labute approximate surface area is 101 Å². The van der Waals surface area contributed by atoms with Crippen molar-refractivity contribution in [1.82, 2.24) is 15.3 Å². The van der Waals surface area contributed by atoms with Gasteiger partial charge in [-0.25, -0.2) is 14.8 Å². The van der Waals surface area contributed by atoms with Gasteiger partial charge in [0.15, 0.2) is 0 Å². The van der Waals surface area contributed by atoms with Crippen LogP contribution in [0.25, 0.3) is 0 Å². The summed E-state index contributed by atoms with van der Waals surface area (Å²) in [5.74, 6) is -0.981. The van der Waals surface area contributed by atoms with Crippen molar-refractivity contribution in [2.75, 3.05) is 0 Å². The van der Waals surface area contributed by atoms with Gasteiger partial charge in [0.1, 0.15) is 11.9 Å². The van der Waals surface area contributed by atoms with Crippen LogP contribution in [-0.2, 0) is 6.54 Å². The number of hydrogen-bond acceptors (Lipinski definition) is 4. The van der Waals surface area contributed by atoms with Crippen LogP contribution >= 0.6 is 0 Å². The Balaban J connectivity index is 2.65. The van der Waals surface area contributed by atoms with Crippen molar-refractivity contribution in [2.45, 2.75) is 45.7 Å². The molecule has 0 aliphatic rings. The van der Waals surface area contributed by atoms with Crippen molar-refractivity contribution < 1.29 is 9.90 Å². The monoisotopic (exact) mass is 237 g/mol. The van der Waals surface area contributed by atoms with E-state index >= 15 is 0 Å². The van der Waals surface area contributed by atoms with Gasteiger partial charge >= 0.3 is 5.97 Å². The molecule has 1 atom stereocenters. The smallest absolute Gasteiger partial charge is 0.339 e. The zero-order valence-electron chi connectivity index (χ0n) is 10.3. The Morgan fingerprint density at radius 2 is 2.29 bits per heavy atom. The molecule has 1 aromatic rings. The number of aromatic carboxylic acids is 1. The molecule has 0 saturated carbocycles. The van der Waals surface area contributed by atoms with Gasteiger partial charge in [0, 0.05) is 18.8 Å². The molecule has 0 radical (unpaired) electrons. The number of carboxylic acid groups (broad SMARTS) is 1. The lowest BCUT2D eigenvalue weighted by Gasteiger charge is -2.16. The summed E-state index contributed by atoms with van der Waals surface area (Å²) in [6.07, 6.45) is 5.95. The van der Waals surface area contributed by atoms with Crippen molar-refractivity contribution in [2.24, 2.45) is 0 Å². The summed E-state index contributed by atoms with van der Waals surface area (Å²) in [4.78, 5) is 18.7. The summed E-state index contributed by atoms with van der Waals surface area (Å²) in [5, 5.41) is 12.3. The number of nitrogens with zero attached hydrogens (tertiary/aromatic N) is 2. The summed E-state index contributed by atoms with van der Waals surface area (Å²) in [7, 11) is 0. The lowest BCUT2D eigenvalue weighted by molar-refractivity contribution is 0.0694. The van der Waals surface area contributed by atoms with E-state index in [-0.39, 0.29) is 5.56 Å². The van der Waals surface area contributed by atoms with Gasteiger partial charge in [0.2, 0.25) is 0 Å². The van der Waals surface area contributed by atoms with Crippen LogP contribution in [0.4, 0.5) is 0 Å². The maximum Gasteiger partial charge on any atom is 0.339 e. The molecule has 0 aromatic carbocycles. The molecule has 5 heteroatoms. The Bertz CT molecular complexity index is 369. The molecule has 0 amide bonds. The van der Waals surface area contributed by atoms with Crippen LogP contribution in [0.2, 0.25) is 0 Å². The van der Waals surface area contributed by atoms with Gasteiger partial charge in [-0.3, -0.25) is 0 Å². The van der Waals surface area contributed by atoms with Gasteiger partial charge in [-0.15, -0.1) is 0 Å². The predicted molar refractivity (Wildman–Crippen MR) is 64.8 cm³/mol. The van der Waals surface area contributed by atoms with E-state index < -0.39 is 5.97 Å². The summed E-state index contributed by atoms with van der Waals surface area (Å²) in [5.41, 5.74) is 0.716. The third-order valence-corrected chi connectivity index (χ3v) is 2.71. The average molecular weight is 237 g/mol. The molecule has 94 valence electrons. The second-order valence-corrected chi connectivity index (χ2v) is 3.96. The minimum atomic E-state index is -0.981. The van der Waals surface area contributed by atoms with Crippen LogP contribution in [0.1, 0.15) is 49.2 Å². The summed E-state index contributed by atoms with van der Waals surface area (Å²) in [6, 6.07) is 0.414. The molecule has 1 aromatic heterocycles. The molecule has 1 unspecified atom stereocenters. The van der Waals surface area contributed by atoms with Gasteiger partial charge < -0.3 is 10.4 Å². The Hall–Kier alpha value is -1.49. The number of aromatic nitrogens is 2. The zero-order valence-corrected chi connectivity index (χ0v) is 10.3. The number of carbonyl (C=O) groups is 1. The van der Waals surface area contributed by atoms with Crippen molar-refractivity contribution in [1.29, 1.82) is 0 Å². The van der Waals surface area contributed by atoms with Gasteiger partial charge in [-0.2, -0.15) is 0 Å². The van der Waals surface area contributed by atoms with Crippen molar-refractivity contribution in [3.63, 3.8) is 0 Å². The van der Waals surface area contributed by atoms with Gasteiger partial charge in [-0.1, -0.05) is 20.3 Å². The molecule has 0 aliphatic heterocycles. The largest absolute Gasteiger partial charge is 0.478 e. The molecule has 1 rings (SSSR count). The third-order valence-electron chi connectivity index (χ3n) is 2.71. The average Bonchev–Trinajstić information content (AvgIpc) is 2.34. The molecular formula is C12H19N3O2. The first-order valence-electron chi connectivity index (χ1n) is 5.94. The van der Waals surface area contributed by atoms with E-state index in [2.05, 4.69) is 29.1 Å². The van der Waals surface area contributed by atoms with Crippen LogP contribution in [0.15, 0.2) is 12.5 Å². The standard InChI is InChI=1S/C12H19N3O2/c1-3-5-9(4-2)14-7-11-10(12(16)17)6-13-8-15-11/h6,8-9,14H,3-5,7H2,1-2H3,(H,16,17). The number of carboxylic acids is 1. The highest BCUT2D eigenvalue weighted by molar-refractivity contribution is 5.88. The van der Waals surface area contributed by atoms with E-state index in [0.29, 0.717) is 18.3 Å². The molecule has 2 N–H and O–H groups in total. The second-order valence-electron chi connectivity index (χ2n) is 3.96. The summed E-state index contributed by atoms with van der Waals surface area (Å²) in [6.45, 7) is 4.73. The van der Waals surface area contributed by atoms with E-state index in [4.69, 9.17) is 5.11 Å². The summed E-state index contributed by atoms with van der Waals surface area (Å²) < 4.78 is 0. The van der Waals surface area contributed by atoms with E-state index in [1.807, 2.05) is 0 Å². The quantitative estimate of drug-likeness (QED) is 0.757. The third kappa shape index (κ3) is 4.11. The predicted octanol–water partition coefficient (Wildman–Crippen LogP) is 1.84. The Morgan fingerprint density at radius 1 is 1.53 bits per heavy atom. The maximum atomic E-state index is 11.0. The lowest BCUT2D eigenvalue weighted by atomic mass is 10.1. The lowest BCUT2D eigenvalue weighted by Crippen LogP contribution is -2.29. The van der Waals surface area contributed by atoms with E-state index in [1.54, 1.807) is 0 Å². The van der Waals surface area contributed by atoms with Crippen LogP contribution in [0.3, 0.4) is 0 Å².